The number of unbranched alkanes of at least 4 members (excludes halogenated alkanes) is 12. The quantitative estimate of drug-likeness (QED) is 0.0446. The van der Waals surface area contributed by atoms with Crippen LogP contribution in [0.5, 0.6) is 23.0 Å². The van der Waals surface area contributed by atoms with Gasteiger partial charge in [0.1, 0.15) is 23.0 Å². The zero-order chi connectivity index (χ0) is 63.3. The molecule has 21 rings (SSSR count). The Morgan fingerprint density at radius 2 is 0.532 bits per heavy atom. The summed E-state index contributed by atoms with van der Waals surface area (Å²) < 4.78 is 30.0. The molecule has 0 heterocycles. The van der Waals surface area contributed by atoms with Crippen LogP contribution in [-0.4, -0.2) is 26.4 Å². The van der Waals surface area contributed by atoms with E-state index in [-0.39, 0.29) is 47.3 Å². The fourth-order valence-electron chi connectivity index (χ4n) is 19.5. The maximum absolute atomic E-state index is 7.79. The molecule has 0 amide bonds. The molecule has 12 aliphatic rings. The highest BCUT2D eigenvalue weighted by atomic mass is 16.5. The van der Waals surface area contributed by atoms with Crippen LogP contribution in [0, 0.1) is 24.7 Å². The van der Waals surface area contributed by atoms with E-state index in [4.69, 9.17) is 31.8 Å². The number of rotatable bonds is 24. The largest absolute Gasteiger partial charge is 0.494 e. The first kappa shape index (κ1) is 59.1. The Bertz CT molecular complexity index is 4570. The maximum Gasteiger partial charge on any atom is 0.128 e. The van der Waals surface area contributed by atoms with E-state index in [1.807, 2.05) is 0 Å². The van der Waals surface area contributed by atoms with Gasteiger partial charge < -0.3 is 18.9 Å². The first-order valence-corrected chi connectivity index (χ1v) is 36.3. The third-order valence-corrected chi connectivity index (χ3v) is 23.2. The molecule has 2 unspecified atom stereocenters. The van der Waals surface area contributed by atoms with E-state index in [1.165, 1.54) is 172 Å². The molecule has 9 aromatic carbocycles. The second kappa shape index (κ2) is 24.3. The lowest BCUT2D eigenvalue weighted by molar-refractivity contribution is 0.282. The molecule has 12 aliphatic carbocycles. The molecular weight excluding hydrogens is 1140 g/mol. The predicted molar refractivity (Wildman–Crippen MR) is 380 cm³/mol. The smallest absolute Gasteiger partial charge is 0.128 e. The second-order valence-corrected chi connectivity index (χ2v) is 28.3. The fraction of sp³-hybridized carbons (Fsp3) is 0.356. The van der Waals surface area contributed by atoms with Gasteiger partial charge in [0.25, 0.3) is 0 Å². The highest BCUT2D eigenvalue weighted by Crippen LogP contribution is 2.72. The first-order chi connectivity index (χ1) is 46.6. The molecule has 0 saturated carbocycles. The summed E-state index contributed by atoms with van der Waals surface area (Å²) in [6.07, 6.45) is 32.9. The van der Waals surface area contributed by atoms with Crippen molar-refractivity contribution >= 4 is 0 Å². The van der Waals surface area contributed by atoms with Gasteiger partial charge in [-0.05, 0) is 138 Å². The molecular formula is C90H86O4. The van der Waals surface area contributed by atoms with Crippen molar-refractivity contribution in [1.29, 1.82) is 0 Å². The number of terminal acetylenes is 2. The van der Waals surface area contributed by atoms with Crippen molar-refractivity contribution in [3.05, 3.63) is 290 Å². The van der Waals surface area contributed by atoms with Crippen molar-refractivity contribution in [2.24, 2.45) is 0 Å². The van der Waals surface area contributed by atoms with Crippen molar-refractivity contribution in [1.82, 2.24) is 0 Å². The van der Waals surface area contributed by atoms with Gasteiger partial charge in [-0.2, -0.15) is 0 Å². The highest BCUT2D eigenvalue weighted by Gasteiger charge is 2.57. The zero-order valence-electron chi connectivity index (χ0n) is 55.4. The standard InChI is InChI=1S/C90H86O4/c1-7-13-17-31-47-91-53-45-46-66-67(51-53)73-57-36-22-21-35-56(57)70(66)68-52-69-74-62-41-27-28-42-63(62)79(83(69)88(82(68)73)92-48-32-18-14-8-2)76-55(12-6)78-77(54(11-5)75(74)76)80-64-43-29-30-44-65(64)81(78)87-86(80)89(93-49-33-19-15-9-3)84-71-58-37-23-25-39-60(58)72(61-40-26-24-38-59(61)71)85(84)90(87)94-50-34-20-16-10-4/h5-6,21-30,35-46,51-52,70-74,79-81H,7-10,13-20,31-34,47-50H2,1-4H3/t70?,71?,72?,73?,74-,79-,80+,81-/m0/s1. The van der Waals surface area contributed by atoms with Crippen LogP contribution >= 0.6 is 0 Å². The van der Waals surface area contributed by atoms with E-state index < -0.39 is 0 Å². The summed E-state index contributed by atoms with van der Waals surface area (Å²) in [7, 11) is 0. The van der Waals surface area contributed by atoms with Crippen LogP contribution in [-0.2, 0) is 0 Å². The lowest BCUT2D eigenvalue weighted by Crippen LogP contribution is -2.38. The molecule has 6 atom stereocenters. The summed E-state index contributed by atoms with van der Waals surface area (Å²) in [5, 5.41) is 0. The lowest BCUT2D eigenvalue weighted by Gasteiger charge is -2.52. The van der Waals surface area contributed by atoms with Crippen LogP contribution in [0.15, 0.2) is 146 Å². The Balaban J connectivity index is 0.932. The Kier molecular flexibility index (Phi) is 15.2. The van der Waals surface area contributed by atoms with Gasteiger partial charge in [0.15, 0.2) is 0 Å². The summed E-state index contributed by atoms with van der Waals surface area (Å²) in [5.74, 6) is 10.2. The van der Waals surface area contributed by atoms with E-state index in [0.717, 1.165) is 105 Å². The van der Waals surface area contributed by atoms with Crippen molar-refractivity contribution < 1.29 is 18.9 Å². The summed E-state index contributed by atoms with van der Waals surface area (Å²) in [5.41, 5.74) is 33.0. The van der Waals surface area contributed by atoms with Gasteiger partial charge in [-0.3, -0.25) is 0 Å². The Morgan fingerprint density at radius 1 is 0.255 bits per heavy atom. The summed E-state index contributed by atoms with van der Waals surface area (Å²) in [4.78, 5) is 0. The molecule has 0 N–H and O–H groups in total. The van der Waals surface area contributed by atoms with Crippen LogP contribution in [0.3, 0.4) is 0 Å². The number of ether oxygens (including phenoxy) is 4. The predicted octanol–water partition coefficient (Wildman–Crippen LogP) is 21.4. The molecule has 0 fully saturated rings. The molecule has 4 heteroatoms. The third kappa shape index (κ3) is 8.66. The molecule has 0 radical (unpaired) electrons. The second-order valence-electron chi connectivity index (χ2n) is 28.3. The van der Waals surface area contributed by atoms with Gasteiger partial charge in [0.05, 0.1) is 26.4 Å². The molecule has 470 valence electrons. The molecule has 94 heavy (non-hydrogen) atoms. The Labute approximate surface area is 557 Å². The fourth-order valence-corrected chi connectivity index (χ4v) is 19.5. The van der Waals surface area contributed by atoms with Crippen LogP contribution in [0.25, 0.3) is 0 Å². The molecule has 4 nitrogen and oxygen atoms in total. The van der Waals surface area contributed by atoms with E-state index in [9.17, 15) is 0 Å². The van der Waals surface area contributed by atoms with Crippen molar-refractivity contribution in [2.45, 2.75) is 178 Å². The minimum absolute atomic E-state index is 0.0111. The number of benzene rings is 9. The molecule has 9 aromatic rings. The van der Waals surface area contributed by atoms with Gasteiger partial charge in [-0.25, -0.2) is 0 Å². The number of hydrogen-bond donors (Lipinski definition) is 0. The van der Waals surface area contributed by atoms with E-state index >= 15 is 0 Å². The molecule has 0 aliphatic heterocycles. The van der Waals surface area contributed by atoms with Crippen LogP contribution in [0.1, 0.15) is 322 Å². The molecule has 0 aromatic heterocycles. The maximum atomic E-state index is 7.79. The normalized spacial score (nSPS) is 20.1. The van der Waals surface area contributed by atoms with Gasteiger partial charge in [0, 0.05) is 91.9 Å². The highest BCUT2D eigenvalue weighted by molar-refractivity contribution is 5.88. The summed E-state index contributed by atoms with van der Waals surface area (Å²) in [6.45, 7) is 11.7. The minimum Gasteiger partial charge on any atom is -0.494 e. The minimum atomic E-state index is -0.293. The average molecular weight is 1230 g/mol. The van der Waals surface area contributed by atoms with Crippen LogP contribution in [0.4, 0.5) is 0 Å². The SMILES string of the molecule is C#Cc1c2c(c(C#C)c3c1[C@H]1c4ccccc4[C@@H]3c3c(OCCCCCC)c4c(c(OCCCCCC)c31)C1c3ccccc3C4c3ccccc31)[C@@H]1c3ccccc3[C@H]2c2cc3c(c(OCCCCCC)c21)C1c2ccccc2C3c2ccc(OCCCCCC)cc21. The van der Waals surface area contributed by atoms with Gasteiger partial charge in [-0.15, -0.1) is 12.8 Å². The summed E-state index contributed by atoms with van der Waals surface area (Å²) in [6, 6.07) is 55.9. The van der Waals surface area contributed by atoms with Crippen molar-refractivity contribution in [2.75, 3.05) is 26.4 Å². The topological polar surface area (TPSA) is 36.9 Å². The Hall–Kier alpha value is -8.70. The van der Waals surface area contributed by atoms with Crippen molar-refractivity contribution in [3.8, 4) is 47.7 Å². The monoisotopic (exact) mass is 1230 g/mol. The van der Waals surface area contributed by atoms with Gasteiger partial charge in [-0.1, -0.05) is 250 Å². The first-order valence-electron chi connectivity index (χ1n) is 36.3. The Morgan fingerprint density at radius 3 is 0.915 bits per heavy atom. The van der Waals surface area contributed by atoms with Crippen LogP contribution < -0.4 is 18.9 Å². The van der Waals surface area contributed by atoms with Gasteiger partial charge >= 0.3 is 0 Å². The van der Waals surface area contributed by atoms with E-state index in [1.54, 1.807) is 0 Å². The van der Waals surface area contributed by atoms with E-state index in [0.29, 0.717) is 19.8 Å². The van der Waals surface area contributed by atoms with Crippen molar-refractivity contribution in [3.63, 3.8) is 0 Å². The molecule has 0 saturated heterocycles. The molecule has 8 bridgehead atoms. The van der Waals surface area contributed by atoms with Crippen LogP contribution in [0.2, 0.25) is 0 Å². The third-order valence-electron chi connectivity index (χ3n) is 23.2. The molecule has 0 spiro atoms. The zero-order valence-corrected chi connectivity index (χ0v) is 55.4. The lowest BCUT2D eigenvalue weighted by atomic mass is 9.51. The van der Waals surface area contributed by atoms with Gasteiger partial charge in [0.2, 0.25) is 0 Å². The summed E-state index contributed by atoms with van der Waals surface area (Å²) >= 11 is 0. The van der Waals surface area contributed by atoms with E-state index in [2.05, 4.69) is 185 Å². The average Bonchev–Trinajstić information content (AvgIpc) is 0.657. The number of hydrogen-bond acceptors (Lipinski definition) is 4.